The minimum Gasteiger partial charge on any atom is -0.206 e. The zero-order valence-corrected chi connectivity index (χ0v) is 7.48. The van der Waals surface area contributed by atoms with Gasteiger partial charge in [-0.2, -0.15) is 0 Å². The summed E-state index contributed by atoms with van der Waals surface area (Å²) in [6.45, 7) is 0. The molecule has 0 nitrogen and oxygen atoms in total. The van der Waals surface area contributed by atoms with Crippen molar-refractivity contribution in [3.8, 4) is 0 Å². The first kappa shape index (κ1) is 8.83. The van der Waals surface area contributed by atoms with Crippen molar-refractivity contribution in [3.05, 3.63) is 33.1 Å². The van der Waals surface area contributed by atoms with Gasteiger partial charge in [0.05, 0.1) is 5.56 Å². The highest BCUT2D eigenvalue weighted by Gasteiger charge is 2.12. The summed E-state index contributed by atoms with van der Waals surface area (Å²) in [5.41, 5.74) is -0.531. The smallest absolute Gasteiger partial charge is 0.206 e. The molecule has 0 heterocycles. The number of halogens is 4. The Hall–Kier alpha value is -0.260. The second-order valence-corrected chi connectivity index (χ2v) is 3.21. The fourth-order valence-electron chi connectivity index (χ4n) is 0.682. The average molecular weight is 272 g/mol. The molecule has 0 aliphatic heterocycles. The Labute approximate surface area is 75.6 Å². The molecule has 0 aliphatic rings. The Morgan fingerprint density at radius 1 is 1.27 bits per heavy atom. The molecule has 4 heteroatoms. The van der Waals surface area contributed by atoms with Gasteiger partial charge in [0.25, 0.3) is 6.43 Å². The highest BCUT2D eigenvalue weighted by atomic mass is 127. The molecule has 1 aromatic rings. The molecule has 1 aromatic carbocycles. The summed E-state index contributed by atoms with van der Waals surface area (Å²) in [5.74, 6) is -0.847. The third-order valence-electron chi connectivity index (χ3n) is 1.19. The number of hydrogen-bond donors (Lipinski definition) is 0. The third-order valence-corrected chi connectivity index (χ3v) is 1.86. The fraction of sp³-hybridized carbons (Fsp3) is 0.143. The maximum atomic E-state index is 12.5. The molecule has 0 fully saturated rings. The summed E-state index contributed by atoms with van der Waals surface area (Å²) >= 11 is 1.86. The lowest BCUT2D eigenvalue weighted by atomic mass is 10.2. The lowest BCUT2D eigenvalue weighted by Crippen LogP contribution is -1.90. The van der Waals surface area contributed by atoms with Gasteiger partial charge in [0.1, 0.15) is 5.82 Å². The first-order chi connectivity index (χ1) is 5.11. The number of rotatable bonds is 1. The fourth-order valence-corrected chi connectivity index (χ4v) is 1.20. The van der Waals surface area contributed by atoms with Gasteiger partial charge in [-0.25, -0.2) is 13.2 Å². The van der Waals surface area contributed by atoms with Gasteiger partial charge in [0, 0.05) is 3.57 Å². The van der Waals surface area contributed by atoms with Crippen molar-refractivity contribution >= 4 is 22.6 Å². The number of alkyl halides is 2. The van der Waals surface area contributed by atoms with Gasteiger partial charge in [-0.05, 0) is 40.8 Å². The molecule has 0 spiro atoms. The Kier molecular flexibility index (Phi) is 2.75. The van der Waals surface area contributed by atoms with Crippen LogP contribution in [0.25, 0.3) is 0 Å². The molecule has 11 heavy (non-hydrogen) atoms. The van der Waals surface area contributed by atoms with Gasteiger partial charge in [-0.15, -0.1) is 0 Å². The van der Waals surface area contributed by atoms with E-state index in [1.165, 1.54) is 6.07 Å². The Morgan fingerprint density at radius 3 is 2.36 bits per heavy atom. The van der Waals surface area contributed by atoms with E-state index in [1.54, 1.807) is 0 Å². The molecule has 0 bridgehead atoms. The van der Waals surface area contributed by atoms with Crippen molar-refractivity contribution in [1.82, 2.24) is 0 Å². The average Bonchev–Trinajstić information content (AvgIpc) is 1.94. The van der Waals surface area contributed by atoms with Crippen LogP contribution >= 0.6 is 22.6 Å². The molecule has 0 aromatic heterocycles. The zero-order valence-electron chi connectivity index (χ0n) is 5.32. The van der Waals surface area contributed by atoms with Crippen LogP contribution < -0.4 is 0 Å². The number of benzene rings is 1. The molecular weight excluding hydrogens is 268 g/mol. The molecule has 0 radical (unpaired) electrons. The van der Waals surface area contributed by atoms with Gasteiger partial charge >= 0.3 is 0 Å². The Bertz CT molecular complexity index is 260. The van der Waals surface area contributed by atoms with Crippen LogP contribution in [0.5, 0.6) is 0 Å². The lowest BCUT2D eigenvalue weighted by Gasteiger charge is -2.00. The minimum absolute atomic E-state index is 0.531. The second kappa shape index (κ2) is 3.42. The zero-order chi connectivity index (χ0) is 8.43. The first-order valence-electron chi connectivity index (χ1n) is 2.84. The van der Waals surface area contributed by atoms with E-state index in [4.69, 9.17) is 0 Å². The van der Waals surface area contributed by atoms with Gasteiger partial charge < -0.3 is 0 Å². The third kappa shape index (κ3) is 2.08. The summed E-state index contributed by atoms with van der Waals surface area (Å²) < 4.78 is 37.1. The molecule has 0 amide bonds. The van der Waals surface area contributed by atoms with Crippen LogP contribution in [0, 0.1) is 9.39 Å². The standard InChI is InChI=1S/C7H4F3I/c8-6-2-1-4(11)3-5(6)7(9)10/h1-3,7H. The molecule has 1 rings (SSSR count). The molecular formula is C7H4F3I. The lowest BCUT2D eigenvalue weighted by molar-refractivity contribution is 0.146. The molecule has 0 N–H and O–H groups in total. The number of hydrogen-bond acceptors (Lipinski definition) is 0. The molecule has 0 unspecified atom stereocenters. The summed E-state index contributed by atoms with van der Waals surface area (Å²) in [6.07, 6.45) is -2.73. The predicted octanol–water partition coefficient (Wildman–Crippen LogP) is 3.37. The van der Waals surface area contributed by atoms with Crippen LogP contribution in [0.3, 0.4) is 0 Å². The van der Waals surface area contributed by atoms with Gasteiger partial charge in [-0.1, -0.05) is 0 Å². The Balaban J connectivity index is 3.13. The van der Waals surface area contributed by atoms with Crippen molar-refractivity contribution in [3.63, 3.8) is 0 Å². The molecule has 60 valence electrons. The van der Waals surface area contributed by atoms with Crippen molar-refractivity contribution in [2.45, 2.75) is 6.43 Å². The van der Waals surface area contributed by atoms with Crippen LogP contribution in [0.4, 0.5) is 13.2 Å². The SMILES string of the molecule is Fc1ccc(I)cc1C(F)F. The van der Waals surface area contributed by atoms with Gasteiger partial charge in [-0.3, -0.25) is 0 Å². The van der Waals surface area contributed by atoms with Crippen molar-refractivity contribution in [1.29, 1.82) is 0 Å². The van der Waals surface area contributed by atoms with Crippen LogP contribution in [0.1, 0.15) is 12.0 Å². The molecule has 0 atom stereocenters. The summed E-state index contributed by atoms with van der Waals surface area (Å²) in [7, 11) is 0. The summed E-state index contributed by atoms with van der Waals surface area (Å²) in [5, 5.41) is 0. The van der Waals surface area contributed by atoms with Crippen LogP contribution in [-0.4, -0.2) is 0 Å². The van der Waals surface area contributed by atoms with E-state index in [2.05, 4.69) is 0 Å². The quantitative estimate of drug-likeness (QED) is 0.687. The Morgan fingerprint density at radius 2 is 1.91 bits per heavy atom. The highest BCUT2D eigenvalue weighted by molar-refractivity contribution is 14.1. The molecule has 0 aliphatic carbocycles. The first-order valence-corrected chi connectivity index (χ1v) is 3.92. The maximum absolute atomic E-state index is 12.5. The maximum Gasteiger partial charge on any atom is 0.266 e. The van der Waals surface area contributed by atoms with Gasteiger partial charge in [0.15, 0.2) is 0 Å². The largest absolute Gasteiger partial charge is 0.266 e. The van der Waals surface area contributed by atoms with Crippen LogP contribution in [0.15, 0.2) is 18.2 Å². The van der Waals surface area contributed by atoms with E-state index in [-0.39, 0.29) is 0 Å². The van der Waals surface area contributed by atoms with Gasteiger partial charge in [0.2, 0.25) is 0 Å². The molecule has 0 saturated heterocycles. The van der Waals surface area contributed by atoms with Crippen molar-refractivity contribution < 1.29 is 13.2 Å². The summed E-state index contributed by atoms with van der Waals surface area (Å²) in [4.78, 5) is 0. The van der Waals surface area contributed by atoms with Crippen molar-refractivity contribution in [2.24, 2.45) is 0 Å². The van der Waals surface area contributed by atoms with E-state index in [9.17, 15) is 13.2 Å². The van der Waals surface area contributed by atoms with E-state index in [1.807, 2.05) is 22.6 Å². The monoisotopic (exact) mass is 272 g/mol. The predicted molar refractivity (Wildman–Crippen MR) is 44.1 cm³/mol. The summed E-state index contributed by atoms with van der Waals surface area (Å²) in [6, 6.07) is 3.63. The van der Waals surface area contributed by atoms with E-state index in [0.29, 0.717) is 3.57 Å². The highest BCUT2D eigenvalue weighted by Crippen LogP contribution is 2.23. The van der Waals surface area contributed by atoms with E-state index in [0.717, 1.165) is 12.1 Å². The topological polar surface area (TPSA) is 0 Å². The molecule has 0 saturated carbocycles. The van der Waals surface area contributed by atoms with E-state index < -0.39 is 17.8 Å². The van der Waals surface area contributed by atoms with Crippen LogP contribution in [0.2, 0.25) is 0 Å². The normalized spacial score (nSPS) is 10.6. The minimum atomic E-state index is -2.73. The second-order valence-electron chi connectivity index (χ2n) is 1.97. The van der Waals surface area contributed by atoms with Crippen molar-refractivity contribution in [2.75, 3.05) is 0 Å². The van der Waals surface area contributed by atoms with Crippen LogP contribution in [-0.2, 0) is 0 Å². The van der Waals surface area contributed by atoms with E-state index >= 15 is 0 Å².